The van der Waals surface area contributed by atoms with E-state index in [2.05, 4.69) is 15.9 Å². The van der Waals surface area contributed by atoms with Crippen LogP contribution in [0.25, 0.3) is 0 Å². The number of ether oxygens (including phenoxy) is 2. The van der Waals surface area contributed by atoms with E-state index in [1.807, 2.05) is 60.7 Å². The predicted molar refractivity (Wildman–Crippen MR) is 85.0 cm³/mol. The van der Waals surface area contributed by atoms with Gasteiger partial charge in [0, 0.05) is 0 Å². The highest BCUT2D eigenvalue weighted by molar-refractivity contribution is 9.09. The molecule has 0 radical (unpaired) electrons. The lowest BCUT2D eigenvalue weighted by molar-refractivity contribution is -0.158. The smallest absolute Gasteiger partial charge is 0.340 e. The van der Waals surface area contributed by atoms with Crippen LogP contribution in [0, 0.1) is 0 Å². The molecule has 0 spiro atoms. The molecule has 2 aromatic rings. The first-order valence-corrected chi connectivity index (χ1v) is 7.70. The summed E-state index contributed by atoms with van der Waals surface area (Å²) < 4.78 is 11.0. The van der Waals surface area contributed by atoms with Gasteiger partial charge in [-0.2, -0.15) is 0 Å². The number of hydrogen-bond donors (Lipinski definition) is 0. The summed E-state index contributed by atoms with van der Waals surface area (Å²) in [6.07, 6.45) is -0.754. The largest absolute Gasteiger partial charge is 0.464 e. The topological polar surface area (TPSA) is 35.5 Å². The van der Waals surface area contributed by atoms with E-state index in [1.165, 1.54) is 0 Å². The lowest BCUT2D eigenvalue weighted by Gasteiger charge is -2.20. The van der Waals surface area contributed by atoms with Crippen LogP contribution in [0.4, 0.5) is 0 Å². The fourth-order valence-corrected chi connectivity index (χ4v) is 2.44. The molecule has 2 unspecified atom stereocenters. The summed E-state index contributed by atoms with van der Waals surface area (Å²) in [6.45, 7) is 2.10. The molecule has 0 heterocycles. The van der Waals surface area contributed by atoms with E-state index in [1.54, 1.807) is 6.92 Å². The van der Waals surface area contributed by atoms with Gasteiger partial charge in [-0.25, -0.2) is 4.79 Å². The zero-order chi connectivity index (χ0) is 15.1. The Morgan fingerprint density at radius 2 is 1.52 bits per heavy atom. The third kappa shape index (κ3) is 4.41. The van der Waals surface area contributed by atoms with Gasteiger partial charge in [0.1, 0.15) is 5.01 Å². The van der Waals surface area contributed by atoms with Gasteiger partial charge in [0.15, 0.2) is 6.10 Å². The van der Waals surface area contributed by atoms with Crippen molar-refractivity contribution >= 4 is 21.9 Å². The van der Waals surface area contributed by atoms with Crippen LogP contribution in [0.2, 0.25) is 0 Å². The lowest BCUT2D eigenvalue weighted by Crippen LogP contribution is -2.19. The van der Waals surface area contributed by atoms with E-state index in [0.717, 1.165) is 11.1 Å². The van der Waals surface area contributed by atoms with Gasteiger partial charge in [-0.3, -0.25) is 0 Å². The maximum absolute atomic E-state index is 12.1. The van der Waals surface area contributed by atoms with E-state index >= 15 is 0 Å². The molecule has 2 aromatic carbocycles. The van der Waals surface area contributed by atoms with Crippen molar-refractivity contribution in [1.82, 2.24) is 0 Å². The van der Waals surface area contributed by atoms with Crippen molar-refractivity contribution in [2.24, 2.45) is 0 Å². The van der Waals surface area contributed by atoms with Crippen molar-refractivity contribution < 1.29 is 14.3 Å². The van der Waals surface area contributed by atoms with E-state index in [0.29, 0.717) is 6.61 Å². The maximum atomic E-state index is 12.1. The predicted octanol–water partition coefficient (Wildman–Crippen LogP) is 4.40. The van der Waals surface area contributed by atoms with Gasteiger partial charge in [-0.15, -0.1) is 0 Å². The molecule has 2 rings (SSSR count). The Morgan fingerprint density at radius 3 is 2.05 bits per heavy atom. The molecule has 0 N–H and O–H groups in total. The van der Waals surface area contributed by atoms with Gasteiger partial charge in [-0.05, 0) is 18.1 Å². The Bertz CT molecular complexity index is 557. The lowest BCUT2D eigenvalue weighted by atomic mass is 10.1. The second kappa shape index (κ2) is 7.96. The van der Waals surface area contributed by atoms with Gasteiger partial charge >= 0.3 is 5.97 Å². The maximum Gasteiger partial charge on any atom is 0.340 e. The fourth-order valence-electron chi connectivity index (χ4n) is 1.92. The fraction of sp³-hybridized carbons (Fsp3) is 0.235. The second-order valence-corrected chi connectivity index (χ2v) is 5.24. The summed E-state index contributed by atoms with van der Waals surface area (Å²) >= 11 is 3.47. The molecule has 0 bridgehead atoms. The third-order valence-electron chi connectivity index (χ3n) is 2.92. The van der Waals surface area contributed by atoms with E-state index in [9.17, 15) is 4.79 Å². The van der Waals surface area contributed by atoms with Crippen LogP contribution < -0.4 is 0 Å². The molecule has 0 amide bonds. The number of alkyl halides is 1. The zero-order valence-corrected chi connectivity index (χ0v) is 13.3. The number of hydrogen-bond acceptors (Lipinski definition) is 3. The van der Waals surface area contributed by atoms with Crippen LogP contribution in [0.1, 0.15) is 29.2 Å². The average Bonchev–Trinajstić information content (AvgIpc) is 2.54. The number of carbonyl (C=O) groups is 1. The second-order valence-electron chi connectivity index (χ2n) is 4.41. The molecule has 0 saturated heterocycles. The van der Waals surface area contributed by atoms with Crippen LogP contribution in [0.5, 0.6) is 0 Å². The minimum absolute atomic E-state index is 0.323. The minimum atomic E-state index is -0.754. The summed E-state index contributed by atoms with van der Waals surface area (Å²) in [4.78, 5) is 12.1. The first-order chi connectivity index (χ1) is 10.2. The summed E-state index contributed by atoms with van der Waals surface area (Å²) in [6, 6.07) is 19.0. The summed E-state index contributed by atoms with van der Waals surface area (Å²) in [7, 11) is 0. The molecule has 0 saturated carbocycles. The molecule has 0 aliphatic carbocycles. The molecular weight excluding hydrogens is 332 g/mol. The molecule has 21 heavy (non-hydrogen) atoms. The molecule has 0 aromatic heterocycles. The Balaban J connectivity index is 2.18. The molecule has 0 aliphatic rings. The van der Waals surface area contributed by atoms with Crippen molar-refractivity contribution in [2.75, 3.05) is 6.61 Å². The van der Waals surface area contributed by atoms with Crippen molar-refractivity contribution in [2.45, 2.75) is 18.0 Å². The van der Waals surface area contributed by atoms with Crippen LogP contribution in [-0.2, 0) is 14.3 Å². The van der Waals surface area contributed by atoms with Gasteiger partial charge in [-0.1, -0.05) is 76.6 Å². The molecule has 110 valence electrons. The summed E-state index contributed by atoms with van der Waals surface area (Å²) in [5.74, 6) is -0.385. The number of carbonyl (C=O) groups excluding carboxylic acids is 1. The third-order valence-corrected chi connectivity index (χ3v) is 3.66. The van der Waals surface area contributed by atoms with Gasteiger partial charge < -0.3 is 9.47 Å². The van der Waals surface area contributed by atoms with Gasteiger partial charge in [0.2, 0.25) is 0 Å². The first-order valence-electron chi connectivity index (χ1n) is 6.78. The van der Waals surface area contributed by atoms with Crippen molar-refractivity contribution in [3.63, 3.8) is 0 Å². The highest BCUT2D eigenvalue weighted by Crippen LogP contribution is 2.31. The molecule has 4 heteroatoms. The number of rotatable bonds is 6. The normalized spacial score (nSPS) is 13.4. The molecule has 0 aliphatic heterocycles. The Kier molecular flexibility index (Phi) is 5.96. The van der Waals surface area contributed by atoms with E-state index in [4.69, 9.17) is 9.47 Å². The Hall–Kier alpha value is -1.65. The Morgan fingerprint density at radius 1 is 1.00 bits per heavy atom. The van der Waals surface area contributed by atoms with Crippen LogP contribution >= 0.6 is 15.9 Å². The van der Waals surface area contributed by atoms with Crippen LogP contribution in [0.3, 0.4) is 0 Å². The number of esters is 1. The van der Waals surface area contributed by atoms with Crippen molar-refractivity contribution in [3.05, 3.63) is 71.8 Å². The van der Waals surface area contributed by atoms with Gasteiger partial charge in [0.05, 0.1) is 6.61 Å². The van der Waals surface area contributed by atoms with Gasteiger partial charge in [0.25, 0.3) is 0 Å². The standard InChI is InChI=1S/C17H17BrO3/c1-2-20-17(19)15(13-9-5-3-6-10-13)21-16(18)14-11-7-4-8-12-14/h3-12,15-16H,2H2,1H3. The van der Waals surface area contributed by atoms with E-state index in [-0.39, 0.29) is 11.0 Å². The van der Waals surface area contributed by atoms with Crippen LogP contribution in [-0.4, -0.2) is 12.6 Å². The number of benzene rings is 2. The van der Waals surface area contributed by atoms with E-state index < -0.39 is 6.10 Å². The van der Waals surface area contributed by atoms with Crippen molar-refractivity contribution in [3.8, 4) is 0 Å². The minimum Gasteiger partial charge on any atom is -0.464 e. The summed E-state index contributed by atoms with van der Waals surface area (Å²) in [5.41, 5.74) is 1.72. The van der Waals surface area contributed by atoms with Crippen LogP contribution in [0.15, 0.2) is 60.7 Å². The molecule has 0 fully saturated rings. The molecule has 2 atom stereocenters. The molecule has 3 nitrogen and oxygen atoms in total. The van der Waals surface area contributed by atoms with Crippen molar-refractivity contribution in [1.29, 1.82) is 0 Å². The average molecular weight is 349 g/mol. The number of halogens is 1. The quantitative estimate of drug-likeness (QED) is 0.573. The highest BCUT2D eigenvalue weighted by Gasteiger charge is 2.26. The Labute approximate surface area is 133 Å². The summed E-state index contributed by atoms with van der Waals surface area (Å²) in [5, 5.41) is -0.381. The molecular formula is C17H17BrO3. The highest BCUT2D eigenvalue weighted by atomic mass is 79.9. The SMILES string of the molecule is CCOC(=O)C(OC(Br)c1ccccc1)c1ccccc1. The first kappa shape index (κ1) is 15.7. The zero-order valence-electron chi connectivity index (χ0n) is 11.7. The monoisotopic (exact) mass is 348 g/mol.